The van der Waals surface area contributed by atoms with Gasteiger partial charge in [-0.25, -0.2) is 0 Å². The first kappa shape index (κ1) is 8.51. The summed E-state index contributed by atoms with van der Waals surface area (Å²) in [6.45, 7) is 0. The molecule has 0 aliphatic heterocycles. The fraction of sp³-hybridized carbons (Fsp3) is 0.375. The van der Waals surface area contributed by atoms with Gasteiger partial charge in [0.15, 0.2) is 5.78 Å². The Hall–Kier alpha value is -0.0900. The summed E-state index contributed by atoms with van der Waals surface area (Å²) in [5.74, 6) is 0.854. The van der Waals surface area contributed by atoms with Gasteiger partial charge in [-0.1, -0.05) is 31.9 Å². The van der Waals surface area contributed by atoms with Crippen molar-refractivity contribution in [1.82, 2.24) is 0 Å². The zero-order valence-corrected chi connectivity index (χ0v) is 9.31. The molecule has 0 saturated carbocycles. The number of carbonyl (C=O) groups is 1. The van der Waals surface area contributed by atoms with Gasteiger partial charge in [0.1, 0.15) is 8.99 Å². The Bertz CT molecular complexity index is 328. The highest BCUT2D eigenvalue weighted by molar-refractivity contribution is 9.26. The number of aryl methyl sites for hydroxylation is 1. The summed E-state index contributed by atoms with van der Waals surface area (Å²) in [6, 6.07) is 1.72. The van der Waals surface area contributed by atoms with Crippen LogP contribution in [-0.4, -0.2) is 9.02 Å². The molecular formula is C8H6Br2O2. The zero-order valence-electron chi connectivity index (χ0n) is 6.14. The van der Waals surface area contributed by atoms with Crippen molar-refractivity contribution in [2.75, 3.05) is 0 Å². The highest BCUT2D eigenvalue weighted by Gasteiger charge is 2.39. The van der Waals surface area contributed by atoms with Gasteiger partial charge in [0.2, 0.25) is 0 Å². The van der Waals surface area contributed by atoms with Crippen LogP contribution in [0, 0.1) is 0 Å². The van der Waals surface area contributed by atoms with E-state index in [1.807, 2.05) is 0 Å². The second-order valence-corrected chi connectivity index (χ2v) is 6.56. The van der Waals surface area contributed by atoms with Crippen LogP contribution < -0.4 is 0 Å². The molecule has 0 unspecified atom stereocenters. The van der Waals surface area contributed by atoms with Gasteiger partial charge in [-0.05, 0) is 12.5 Å². The van der Waals surface area contributed by atoms with Gasteiger partial charge in [-0.15, -0.1) is 0 Å². The number of halogens is 2. The topological polar surface area (TPSA) is 30.2 Å². The van der Waals surface area contributed by atoms with Crippen LogP contribution in [0.2, 0.25) is 0 Å². The van der Waals surface area contributed by atoms with Gasteiger partial charge < -0.3 is 4.42 Å². The van der Waals surface area contributed by atoms with E-state index in [0.29, 0.717) is 5.56 Å². The van der Waals surface area contributed by atoms with Crippen LogP contribution in [-0.2, 0) is 6.42 Å². The molecule has 2 nitrogen and oxygen atoms in total. The molecule has 0 radical (unpaired) electrons. The quantitative estimate of drug-likeness (QED) is 0.689. The van der Waals surface area contributed by atoms with Crippen LogP contribution in [0.4, 0.5) is 0 Å². The Kier molecular flexibility index (Phi) is 1.92. The Labute approximate surface area is 86.6 Å². The normalized spacial score (nSPS) is 20.7. The number of alkyl halides is 2. The molecule has 64 valence electrons. The lowest BCUT2D eigenvalue weighted by Gasteiger charge is -2.22. The van der Waals surface area contributed by atoms with Crippen molar-refractivity contribution in [3.8, 4) is 0 Å². The summed E-state index contributed by atoms with van der Waals surface area (Å²) in [7, 11) is 0. The molecule has 0 aromatic carbocycles. The number of carbonyl (C=O) groups excluding carboxylic acids is 1. The minimum atomic E-state index is -0.573. The average molecular weight is 294 g/mol. The molecule has 1 heterocycles. The predicted molar refractivity (Wildman–Crippen MR) is 51.9 cm³/mol. The molecule has 1 aromatic rings. The summed E-state index contributed by atoms with van der Waals surface area (Å²) in [5.41, 5.74) is 0.690. The van der Waals surface area contributed by atoms with Crippen molar-refractivity contribution >= 4 is 37.6 Å². The van der Waals surface area contributed by atoms with Crippen molar-refractivity contribution in [1.29, 1.82) is 0 Å². The van der Waals surface area contributed by atoms with E-state index < -0.39 is 3.23 Å². The number of hydrogen-bond donors (Lipinski definition) is 0. The highest BCUT2D eigenvalue weighted by atomic mass is 79.9. The number of ketones is 1. The van der Waals surface area contributed by atoms with Gasteiger partial charge in [-0.3, -0.25) is 4.79 Å². The van der Waals surface area contributed by atoms with E-state index in [1.165, 1.54) is 0 Å². The van der Waals surface area contributed by atoms with E-state index in [-0.39, 0.29) is 5.78 Å². The molecule has 1 aromatic heterocycles. The number of Topliss-reactive ketones (excluding diaryl/α,β-unsaturated/α-hetero) is 1. The summed E-state index contributed by atoms with van der Waals surface area (Å²) < 4.78 is 4.58. The molecule has 0 atom stereocenters. The van der Waals surface area contributed by atoms with Crippen LogP contribution in [0.5, 0.6) is 0 Å². The number of fused-ring (bicyclic) bond motifs is 1. The van der Waals surface area contributed by atoms with Crippen LogP contribution in [0.25, 0.3) is 0 Å². The Morgan fingerprint density at radius 3 is 3.00 bits per heavy atom. The van der Waals surface area contributed by atoms with Gasteiger partial charge >= 0.3 is 0 Å². The van der Waals surface area contributed by atoms with Crippen LogP contribution in [0.15, 0.2) is 16.7 Å². The monoisotopic (exact) mass is 292 g/mol. The zero-order chi connectivity index (χ0) is 8.77. The maximum absolute atomic E-state index is 11.6. The van der Waals surface area contributed by atoms with Gasteiger partial charge in [0.05, 0.1) is 11.8 Å². The first-order valence-corrected chi connectivity index (χ1v) is 5.19. The molecule has 1 aliphatic carbocycles. The van der Waals surface area contributed by atoms with E-state index in [1.54, 1.807) is 12.3 Å². The summed E-state index contributed by atoms with van der Waals surface area (Å²) in [5, 5.41) is 0. The smallest absolute Gasteiger partial charge is 0.193 e. The Morgan fingerprint density at radius 1 is 1.50 bits per heavy atom. The third-order valence-electron chi connectivity index (χ3n) is 1.99. The summed E-state index contributed by atoms with van der Waals surface area (Å²) in [4.78, 5) is 11.6. The maximum atomic E-state index is 11.6. The number of furan rings is 1. The molecule has 0 N–H and O–H groups in total. The van der Waals surface area contributed by atoms with Crippen molar-refractivity contribution in [2.24, 2.45) is 0 Å². The van der Waals surface area contributed by atoms with Crippen molar-refractivity contribution in [2.45, 2.75) is 16.1 Å². The van der Waals surface area contributed by atoms with Crippen molar-refractivity contribution in [3.63, 3.8) is 0 Å². The molecule has 0 bridgehead atoms. The van der Waals surface area contributed by atoms with Crippen LogP contribution in [0.3, 0.4) is 0 Å². The third kappa shape index (κ3) is 1.17. The van der Waals surface area contributed by atoms with Crippen molar-refractivity contribution in [3.05, 3.63) is 23.7 Å². The van der Waals surface area contributed by atoms with E-state index in [0.717, 1.165) is 18.6 Å². The SMILES string of the molecule is O=C1c2ccoc2CCC1(Br)Br. The van der Waals surface area contributed by atoms with Crippen LogP contribution in [0.1, 0.15) is 22.5 Å². The molecule has 0 saturated heterocycles. The van der Waals surface area contributed by atoms with E-state index in [9.17, 15) is 4.79 Å². The molecule has 0 amide bonds. The maximum Gasteiger partial charge on any atom is 0.193 e. The average Bonchev–Trinajstić information content (AvgIpc) is 2.45. The molecule has 0 fully saturated rings. The summed E-state index contributed by atoms with van der Waals surface area (Å²) >= 11 is 6.68. The summed E-state index contributed by atoms with van der Waals surface area (Å²) in [6.07, 6.45) is 3.08. The molecule has 0 spiro atoms. The third-order valence-corrected chi connectivity index (χ3v) is 3.50. The van der Waals surface area contributed by atoms with E-state index >= 15 is 0 Å². The lowest BCUT2D eigenvalue weighted by atomic mass is 9.97. The van der Waals surface area contributed by atoms with Gasteiger partial charge in [-0.2, -0.15) is 0 Å². The largest absolute Gasteiger partial charge is 0.469 e. The predicted octanol–water partition coefficient (Wildman–Crippen LogP) is 2.89. The lowest BCUT2D eigenvalue weighted by molar-refractivity contribution is 0.0969. The molecular weight excluding hydrogens is 288 g/mol. The molecule has 1 aliphatic rings. The second kappa shape index (κ2) is 2.70. The van der Waals surface area contributed by atoms with Crippen molar-refractivity contribution < 1.29 is 9.21 Å². The first-order valence-electron chi connectivity index (χ1n) is 3.60. The Morgan fingerprint density at radius 2 is 2.25 bits per heavy atom. The molecule has 12 heavy (non-hydrogen) atoms. The van der Waals surface area contributed by atoms with Crippen LogP contribution >= 0.6 is 31.9 Å². The standard InChI is InChI=1S/C8H6Br2O2/c9-8(10)3-1-6-5(7(8)11)2-4-12-6/h2,4H,1,3H2. The highest BCUT2D eigenvalue weighted by Crippen LogP contribution is 2.40. The molecule has 4 heteroatoms. The fourth-order valence-corrected chi connectivity index (χ4v) is 2.14. The van der Waals surface area contributed by atoms with E-state index in [2.05, 4.69) is 31.9 Å². The van der Waals surface area contributed by atoms with Gasteiger partial charge in [0.25, 0.3) is 0 Å². The minimum Gasteiger partial charge on any atom is -0.469 e. The fourth-order valence-electron chi connectivity index (χ4n) is 1.32. The molecule has 2 rings (SSSR count). The Balaban J connectivity index is 2.49. The second-order valence-electron chi connectivity index (χ2n) is 2.79. The number of rotatable bonds is 0. The van der Waals surface area contributed by atoms with Gasteiger partial charge in [0, 0.05) is 6.42 Å². The first-order chi connectivity index (χ1) is 5.61. The number of hydrogen-bond acceptors (Lipinski definition) is 2. The minimum absolute atomic E-state index is 0.0532. The van der Waals surface area contributed by atoms with E-state index in [4.69, 9.17) is 4.42 Å². The lowest BCUT2D eigenvalue weighted by Crippen LogP contribution is -2.30.